The molecule has 0 spiro atoms. The zero-order chi connectivity index (χ0) is 27.1. The molecule has 196 valence electrons. The van der Waals surface area contributed by atoms with Gasteiger partial charge in [-0.3, -0.25) is 9.48 Å². The van der Waals surface area contributed by atoms with E-state index in [1.165, 1.54) is 12.1 Å². The Kier molecular flexibility index (Phi) is 7.08. The summed E-state index contributed by atoms with van der Waals surface area (Å²) in [6.45, 7) is 12.5. The lowest BCUT2D eigenvalue weighted by molar-refractivity contribution is 0.0306. The average molecular weight is 508 g/mol. The summed E-state index contributed by atoms with van der Waals surface area (Å²) in [5, 5.41) is 5.14. The first kappa shape index (κ1) is 26.3. The molecule has 0 radical (unpaired) electrons. The van der Waals surface area contributed by atoms with Crippen LogP contribution in [0.15, 0.2) is 36.5 Å². The molecule has 1 aliphatic rings. The van der Waals surface area contributed by atoms with Gasteiger partial charge >= 0.3 is 6.09 Å². The Bertz CT molecular complexity index is 1390. The Labute approximate surface area is 216 Å². The summed E-state index contributed by atoms with van der Waals surface area (Å²) < 4.78 is 21.6. The standard InChI is InChI=1S/C28H34FN5O3/c1-8-34(17(2)3)26(35)22-13-19(29)9-10-20(22)21-14-24(31-25-23(21)15-30-32(25)7)18-11-12-33(16-18)27(36)37-28(4,5)6/h9-11,13-15,17H,8,12,16H2,1-7H3. The smallest absolute Gasteiger partial charge is 0.410 e. The zero-order valence-electron chi connectivity index (χ0n) is 22.5. The maximum Gasteiger partial charge on any atom is 0.410 e. The highest BCUT2D eigenvalue weighted by Crippen LogP contribution is 2.35. The number of nitrogens with zero attached hydrogens (tertiary/aromatic N) is 5. The van der Waals surface area contributed by atoms with Gasteiger partial charge in [-0.05, 0) is 76.4 Å². The molecular formula is C28H34FN5O3. The largest absolute Gasteiger partial charge is 0.444 e. The number of fused-ring (bicyclic) bond motifs is 1. The van der Waals surface area contributed by atoms with Crippen LogP contribution >= 0.6 is 0 Å². The van der Waals surface area contributed by atoms with Gasteiger partial charge in [-0.1, -0.05) is 12.1 Å². The number of halogens is 1. The predicted octanol–water partition coefficient (Wildman–Crippen LogP) is 5.28. The Morgan fingerprint density at radius 1 is 1.19 bits per heavy atom. The molecule has 1 aliphatic heterocycles. The van der Waals surface area contributed by atoms with Crippen LogP contribution in [-0.4, -0.2) is 67.8 Å². The second-order valence-corrected chi connectivity index (χ2v) is 10.5. The lowest BCUT2D eigenvalue weighted by Gasteiger charge is -2.26. The molecule has 0 atom stereocenters. The van der Waals surface area contributed by atoms with Gasteiger partial charge in [-0.15, -0.1) is 0 Å². The molecule has 37 heavy (non-hydrogen) atoms. The summed E-state index contributed by atoms with van der Waals surface area (Å²) in [5.41, 5.74) is 3.19. The highest BCUT2D eigenvalue weighted by molar-refractivity contribution is 6.05. The van der Waals surface area contributed by atoms with Crippen LogP contribution in [0.1, 0.15) is 57.6 Å². The number of aryl methyl sites for hydroxylation is 1. The molecule has 4 rings (SSSR count). The van der Waals surface area contributed by atoms with Crippen molar-refractivity contribution in [2.24, 2.45) is 7.05 Å². The van der Waals surface area contributed by atoms with Crippen molar-refractivity contribution in [1.29, 1.82) is 0 Å². The van der Waals surface area contributed by atoms with E-state index in [1.807, 2.05) is 53.7 Å². The van der Waals surface area contributed by atoms with E-state index in [4.69, 9.17) is 9.72 Å². The highest BCUT2D eigenvalue weighted by Gasteiger charge is 2.28. The van der Waals surface area contributed by atoms with Crippen LogP contribution in [0.2, 0.25) is 0 Å². The number of benzene rings is 1. The summed E-state index contributed by atoms with van der Waals surface area (Å²) in [5.74, 6) is -0.714. The number of aromatic nitrogens is 3. The van der Waals surface area contributed by atoms with Gasteiger partial charge < -0.3 is 14.5 Å². The van der Waals surface area contributed by atoms with Crippen molar-refractivity contribution in [3.05, 3.63) is 53.6 Å². The molecule has 2 aromatic heterocycles. The third-order valence-electron chi connectivity index (χ3n) is 6.33. The van der Waals surface area contributed by atoms with Crippen LogP contribution in [-0.2, 0) is 11.8 Å². The predicted molar refractivity (Wildman–Crippen MR) is 142 cm³/mol. The van der Waals surface area contributed by atoms with E-state index >= 15 is 0 Å². The van der Waals surface area contributed by atoms with Gasteiger partial charge in [0.2, 0.25) is 0 Å². The Hall–Kier alpha value is -3.75. The molecule has 2 amide bonds. The maximum absolute atomic E-state index is 14.4. The van der Waals surface area contributed by atoms with Crippen molar-refractivity contribution >= 4 is 28.6 Å². The van der Waals surface area contributed by atoms with Gasteiger partial charge in [0.25, 0.3) is 5.91 Å². The van der Waals surface area contributed by atoms with Crippen LogP contribution in [0.3, 0.4) is 0 Å². The van der Waals surface area contributed by atoms with E-state index in [0.29, 0.717) is 36.5 Å². The van der Waals surface area contributed by atoms with Crippen LogP contribution in [0.4, 0.5) is 9.18 Å². The first-order chi connectivity index (χ1) is 17.4. The number of hydrogen-bond donors (Lipinski definition) is 0. The molecule has 1 aromatic carbocycles. The molecular weight excluding hydrogens is 473 g/mol. The molecule has 0 unspecified atom stereocenters. The quantitative estimate of drug-likeness (QED) is 0.470. The Balaban J connectivity index is 1.80. The highest BCUT2D eigenvalue weighted by atomic mass is 19.1. The third kappa shape index (κ3) is 5.35. The summed E-state index contributed by atoms with van der Waals surface area (Å²) >= 11 is 0. The Morgan fingerprint density at radius 2 is 1.92 bits per heavy atom. The monoisotopic (exact) mass is 507 g/mol. The minimum atomic E-state index is -0.591. The molecule has 8 nitrogen and oxygen atoms in total. The van der Waals surface area contributed by atoms with Gasteiger partial charge in [0.05, 0.1) is 24.0 Å². The molecule has 0 fully saturated rings. The van der Waals surface area contributed by atoms with Crippen molar-refractivity contribution in [2.75, 3.05) is 19.6 Å². The van der Waals surface area contributed by atoms with Crippen molar-refractivity contribution < 1.29 is 18.7 Å². The molecule has 9 heteroatoms. The zero-order valence-corrected chi connectivity index (χ0v) is 22.5. The van der Waals surface area contributed by atoms with Crippen molar-refractivity contribution in [3.63, 3.8) is 0 Å². The minimum absolute atomic E-state index is 0.0393. The van der Waals surface area contributed by atoms with Crippen LogP contribution < -0.4 is 0 Å². The summed E-state index contributed by atoms with van der Waals surface area (Å²) in [6, 6.07) is 6.15. The van der Waals surface area contributed by atoms with E-state index in [-0.39, 0.29) is 23.6 Å². The van der Waals surface area contributed by atoms with Crippen molar-refractivity contribution in [2.45, 2.75) is 53.2 Å². The van der Waals surface area contributed by atoms with E-state index in [1.54, 1.807) is 33.8 Å². The molecule has 0 saturated heterocycles. The second kappa shape index (κ2) is 9.95. The number of carbonyl (C=O) groups excluding carboxylic acids is 2. The third-order valence-corrected chi connectivity index (χ3v) is 6.33. The van der Waals surface area contributed by atoms with Gasteiger partial charge in [-0.2, -0.15) is 5.10 Å². The normalized spacial score (nSPS) is 13.9. The first-order valence-electron chi connectivity index (χ1n) is 12.5. The van der Waals surface area contributed by atoms with E-state index in [9.17, 15) is 14.0 Å². The molecule has 0 saturated carbocycles. The van der Waals surface area contributed by atoms with Crippen LogP contribution in [0.25, 0.3) is 27.7 Å². The van der Waals surface area contributed by atoms with Gasteiger partial charge in [-0.25, -0.2) is 14.2 Å². The lowest BCUT2D eigenvalue weighted by atomic mass is 9.95. The summed E-state index contributed by atoms with van der Waals surface area (Å²) in [6.07, 6.45) is 3.27. The fourth-order valence-electron chi connectivity index (χ4n) is 4.53. The van der Waals surface area contributed by atoms with Gasteiger partial charge in [0.1, 0.15) is 11.4 Å². The van der Waals surface area contributed by atoms with Gasteiger partial charge in [0, 0.05) is 31.6 Å². The number of carbonyl (C=O) groups is 2. The van der Waals surface area contributed by atoms with Crippen LogP contribution in [0.5, 0.6) is 0 Å². The topological polar surface area (TPSA) is 80.6 Å². The van der Waals surface area contributed by atoms with E-state index < -0.39 is 11.4 Å². The fraction of sp³-hybridized carbons (Fsp3) is 0.429. The molecule has 3 heterocycles. The fourth-order valence-corrected chi connectivity index (χ4v) is 4.53. The average Bonchev–Trinajstić information content (AvgIpc) is 3.45. The molecule has 0 N–H and O–H groups in total. The number of pyridine rings is 1. The van der Waals surface area contributed by atoms with Crippen LogP contribution in [0, 0.1) is 5.82 Å². The molecule has 0 aliphatic carbocycles. The number of rotatable bonds is 5. The molecule has 3 aromatic rings. The van der Waals surface area contributed by atoms with E-state index in [2.05, 4.69) is 5.10 Å². The lowest BCUT2D eigenvalue weighted by Crippen LogP contribution is -2.37. The first-order valence-corrected chi connectivity index (χ1v) is 12.5. The van der Waals surface area contributed by atoms with Crippen molar-refractivity contribution in [1.82, 2.24) is 24.6 Å². The van der Waals surface area contributed by atoms with Crippen molar-refractivity contribution in [3.8, 4) is 11.1 Å². The second-order valence-electron chi connectivity index (χ2n) is 10.5. The Morgan fingerprint density at radius 3 is 2.57 bits per heavy atom. The number of ether oxygens (including phenoxy) is 1. The summed E-state index contributed by atoms with van der Waals surface area (Å²) in [7, 11) is 1.80. The number of hydrogen-bond acceptors (Lipinski definition) is 5. The number of amides is 2. The summed E-state index contributed by atoms with van der Waals surface area (Å²) in [4.78, 5) is 34.3. The maximum atomic E-state index is 14.4. The molecule has 0 bridgehead atoms. The van der Waals surface area contributed by atoms with Gasteiger partial charge in [0.15, 0.2) is 5.65 Å². The van der Waals surface area contributed by atoms with E-state index in [0.717, 1.165) is 16.5 Å². The SMILES string of the molecule is CCN(C(=O)c1cc(F)ccc1-c1cc(C2=CCN(C(=O)OC(C)(C)C)C2)nc2c1cnn2C)C(C)C. The minimum Gasteiger partial charge on any atom is -0.444 e.